The Morgan fingerprint density at radius 3 is 2.33 bits per heavy atom. The van der Waals surface area contributed by atoms with Crippen LogP contribution >= 0.6 is 11.3 Å². The lowest BCUT2D eigenvalue weighted by Crippen LogP contribution is -2.06. The summed E-state index contributed by atoms with van der Waals surface area (Å²) >= 11 is 1.63. The van der Waals surface area contributed by atoms with Gasteiger partial charge in [-0.3, -0.25) is 4.18 Å². The fourth-order valence-electron chi connectivity index (χ4n) is 3.76. The molecule has 0 saturated heterocycles. The van der Waals surface area contributed by atoms with E-state index in [2.05, 4.69) is 24.3 Å². The highest BCUT2D eigenvalue weighted by Crippen LogP contribution is 2.43. The van der Waals surface area contributed by atoms with Gasteiger partial charge in [0.2, 0.25) is 0 Å². The van der Waals surface area contributed by atoms with Crippen LogP contribution in [0.25, 0.3) is 41.7 Å². The zero-order valence-electron chi connectivity index (χ0n) is 14.6. The highest BCUT2D eigenvalue weighted by Gasteiger charge is 2.21. The van der Waals surface area contributed by atoms with E-state index in [1.807, 2.05) is 36.4 Å². The first-order valence-electron chi connectivity index (χ1n) is 8.75. The summed E-state index contributed by atoms with van der Waals surface area (Å²) in [4.78, 5) is 0.239. The molecule has 134 valence electrons. The van der Waals surface area contributed by atoms with Crippen molar-refractivity contribution in [3.63, 3.8) is 0 Å². The molecule has 3 nitrogen and oxygen atoms in total. The van der Waals surface area contributed by atoms with Crippen molar-refractivity contribution in [2.24, 2.45) is 0 Å². The summed E-state index contributed by atoms with van der Waals surface area (Å²) in [6.45, 7) is 1.80. The van der Waals surface area contributed by atoms with Gasteiger partial charge in [-0.1, -0.05) is 60.7 Å². The van der Waals surface area contributed by atoms with Crippen molar-refractivity contribution < 1.29 is 12.6 Å². The van der Waals surface area contributed by atoms with Crippen LogP contribution in [0.4, 0.5) is 0 Å². The quantitative estimate of drug-likeness (QED) is 0.349. The van der Waals surface area contributed by atoms with Crippen LogP contribution in [0.5, 0.6) is 0 Å². The molecule has 0 bridgehead atoms. The fraction of sp³-hybridized carbons (Fsp3) is 0.0909. The maximum atomic E-state index is 12.7. The lowest BCUT2D eigenvalue weighted by Gasteiger charge is -2.09. The smallest absolute Gasteiger partial charge is 0.267 e. The van der Waals surface area contributed by atoms with Gasteiger partial charge >= 0.3 is 0 Å². The van der Waals surface area contributed by atoms with Crippen LogP contribution in [0.3, 0.4) is 0 Å². The van der Waals surface area contributed by atoms with Gasteiger partial charge in [0.1, 0.15) is 4.90 Å². The average molecular weight is 393 g/mol. The molecular weight excluding hydrogens is 376 g/mol. The lowest BCUT2D eigenvalue weighted by molar-refractivity contribution is 0.338. The third-order valence-electron chi connectivity index (χ3n) is 4.87. The second kappa shape index (κ2) is 6.02. The van der Waals surface area contributed by atoms with Crippen molar-refractivity contribution >= 4 is 63.2 Å². The Bertz CT molecular complexity index is 1450. The van der Waals surface area contributed by atoms with E-state index in [1.54, 1.807) is 24.3 Å². The van der Waals surface area contributed by atoms with Gasteiger partial charge in [-0.05, 0) is 29.1 Å². The minimum Gasteiger partial charge on any atom is -0.267 e. The molecule has 27 heavy (non-hydrogen) atoms. The van der Waals surface area contributed by atoms with Crippen molar-refractivity contribution in [1.29, 1.82) is 0 Å². The van der Waals surface area contributed by atoms with E-state index >= 15 is 0 Å². The van der Waals surface area contributed by atoms with Gasteiger partial charge in [-0.2, -0.15) is 8.42 Å². The third-order valence-corrected chi connectivity index (χ3v) is 7.48. The Kier molecular flexibility index (Phi) is 3.72. The summed E-state index contributed by atoms with van der Waals surface area (Å²) < 4.78 is 32.6. The van der Waals surface area contributed by atoms with E-state index in [0.29, 0.717) is 5.39 Å². The molecule has 5 rings (SSSR count). The Morgan fingerprint density at radius 1 is 0.852 bits per heavy atom. The van der Waals surface area contributed by atoms with Crippen molar-refractivity contribution in [1.82, 2.24) is 0 Å². The first kappa shape index (κ1) is 16.7. The molecule has 0 N–H and O–H groups in total. The van der Waals surface area contributed by atoms with E-state index in [4.69, 9.17) is 4.18 Å². The molecule has 5 heteroatoms. The van der Waals surface area contributed by atoms with Gasteiger partial charge in [-0.15, -0.1) is 11.3 Å². The Labute approximate surface area is 160 Å². The van der Waals surface area contributed by atoms with Crippen molar-refractivity contribution in [2.75, 3.05) is 6.61 Å². The number of thiophene rings is 1. The SMILES string of the molecule is CCOS(=O)(=O)c1cc2sc3c4ccccc4ccc3c2c2ccccc12. The number of benzene rings is 4. The van der Waals surface area contributed by atoms with Gasteiger partial charge < -0.3 is 0 Å². The molecule has 0 aliphatic rings. The number of hydrogen-bond donors (Lipinski definition) is 0. The second-order valence-corrected chi connectivity index (χ2v) is 9.06. The molecule has 0 atom stereocenters. The molecule has 0 spiro atoms. The monoisotopic (exact) mass is 392 g/mol. The molecule has 0 fully saturated rings. The van der Waals surface area contributed by atoms with Crippen LogP contribution in [0, 0.1) is 0 Å². The summed E-state index contributed by atoms with van der Waals surface area (Å²) in [5.74, 6) is 0. The first-order chi connectivity index (χ1) is 13.1. The van der Waals surface area contributed by atoms with Crippen LogP contribution in [0.1, 0.15) is 6.92 Å². The van der Waals surface area contributed by atoms with E-state index in [1.165, 1.54) is 15.5 Å². The average Bonchev–Trinajstić information content (AvgIpc) is 3.06. The van der Waals surface area contributed by atoms with Crippen molar-refractivity contribution in [2.45, 2.75) is 11.8 Å². The largest absolute Gasteiger partial charge is 0.297 e. The van der Waals surface area contributed by atoms with Crippen molar-refractivity contribution in [3.8, 4) is 0 Å². The van der Waals surface area contributed by atoms with Crippen LogP contribution in [0.15, 0.2) is 71.6 Å². The number of rotatable bonds is 3. The highest BCUT2D eigenvalue weighted by atomic mass is 32.2. The molecule has 4 aromatic carbocycles. The minimum absolute atomic E-state index is 0.117. The summed E-state index contributed by atoms with van der Waals surface area (Å²) in [6, 6.07) is 22.0. The van der Waals surface area contributed by atoms with Crippen LogP contribution in [0.2, 0.25) is 0 Å². The van der Waals surface area contributed by atoms with E-state index < -0.39 is 10.1 Å². The molecule has 0 amide bonds. The third kappa shape index (κ3) is 2.46. The summed E-state index contributed by atoms with van der Waals surface area (Å²) in [5, 5.41) is 6.27. The van der Waals surface area contributed by atoms with Gasteiger partial charge in [-0.25, -0.2) is 0 Å². The van der Waals surface area contributed by atoms with E-state index in [9.17, 15) is 8.42 Å². The number of hydrogen-bond acceptors (Lipinski definition) is 4. The van der Waals surface area contributed by atoms with Gasteiger partial charge in [0, 0.05) is 25.6 Å². The predicted molar refractivity (Wildman–Crippen MR) is 113 cm³/mol. The Balaban J connectivity index is 2.00. The summed E-state index contributed by atoms with van der Waals surface area (Å²) in [6.07, 6.45) is 0. The molecule has 0 unspecified atom stereocenters. The second-order valence-electron chi connectivity index (χ2n) is 6.42. The molecule has 0 radical (unpaired) electrons. The summed E-state index contributed by atoms with van der Waals surface area (Å²) in [7, 11) is -3.80. The molecule has 1 heterocycles. The predicted octanol–water partition coefficient (Wildman–Crippen LogP) is 6.09. The molecular formula is C22H16O3S2. The zero-order chi connectivity index (χ0) is 18.6. The maximum absolute atomic E-state index is 12.7. The van der Waals surface area contributed by atoms with Crippen LogP contribution < -0.4 is 0 Å². The molecule has 0 saturated carbocycles. The Morgan fingerprint density at radius 2 is 1.56 bits per heavy atom. The molecule has 5 aromatic rings. The highest BCUT2D eigenvalue weighted by molar-refractivity contribution is 7.87. The van der Waals surface area contributed by atoms with Gasteiger partial charge in [0.05, 0.1) is 6.61 Å². The number of fused-ring (bicyclic) bond motifs is 7. The van der Waals surface area contributed by atoms with Crippen LogP contribution in [-0.4, -0.2) is 15.0 Å². The normalized spacial score (nSPS) is 12.5. The lowest BCUT2D eigenvalue weighted by atomic mass is 10.0. The van der Waals surface area contributed by atoms with Gasteiger partial charge in [0.15, 0.2) is 0 Å². The van der Waals surface area contributed by atoms with Crippen molar-refractivity contribution in [3.05, 3.63) is 66.7 Å². The zero-order valence-corrected chi connectivity index (χ0v) is 16.2. The molecule has 0 aliphatic heterocycles. The van der Waals surface area contributed by atoms with E-state index in [0.717, 1.165) is 20.9 Å². The maximum Gasteiger partial charge on any atom is 0.297 e. The molecule has 1 aromatic heterocycles. The Hall–Kier alpha value is -2.47. The van der Waals surface area contributed by atoms with Crippen LogP contribution in [-0.2, 0) is 14.3 Å². The topological polar surface area (TPSA) is 43.4 Å². The fourth-order valence-corrected chi connectivity index (χ4v) is 6.28. The first-order valence-corrected chi connectivity index (χ1v) is 11.0. The molecule has 0 aliphatic carbocycles. The van der Waals surface area contributed by atoms with E-state index in [-0.39, 0.29) is 11.5 Å². The van der Waals surface area contributed by atoms with Gasteiger partial charge in [0.25, 0.3) is 10.1 Å². The standard InChI is InChI=1S/C22H16O3S2/c1-2-25-27(23,24)20-13-19-21(17-10-6-5-9-16(17)20)18-12-11-14-7-3-4-8-15(14)22(18)26-19/h3-13H,2H2,1H3. The summed E-state index contributed by atoms with van der Waals surface area (Å²) in [5.41, 5.74) is 0. The minimum atomic E-state index is -3.80.